The van der Waals surface area contributed by atoms with Crippen LogP contribution in [0.5, 0.6) is 17.5 Å². The Bertz CT molecular complexity index is 515. The first-order valence-corrected chi connectivity index (χ1v) is 5.04. The molecule has 0 amide bonds. The Kier molecular flexibility index (Phi) is 3.24. The number of nitrogens with two attached hydrogens (primary N) is 1. The van der Waals surface area contributed by atoms with E-state index in [1.54, 1.807) is 31.4 Å². The number of anilines is 1. The third kappa shape index (κ3) is 2.94. The predicted molar refractivity (Wildman–Crippen MR) is 62.3 cm³/mol. The lowest BCUT2D eigenvalue weighted by Gasteiger charge is -2.05. The number of nitrogen functional groups attached to an aromatic ring is 1. The highest BCUT2D eigenvalue weighted by Gasteiger charge is 2.05. The maximum atomic E-state index is 5.63. The van der Waals surface area contributed by atoms with E-state index < -0.39 is 0 Å². The molecule has 17 heavy (non-hydrogen) atoms. The van der Waals surface area contributed by atoms with Crippen LogP contribution in [0, 0.1) is 0 Å². The van der Waals surface area contributed by atoms with Crippen LogP contribution in [0.15, 0.2) is 24.3 Å². The Labute approximate surface area is 102 Å². The number of benzene rings is 1. The first-order chi connectivity index (χ1) is 8.17. The highest BCUT2D eigenvalue weighted by atomic mass is 35.5. The van der Waals surface area contributed by atoms with E-state index in [9.17, 15) is 0 Å². The number of aromatic nitrogens is 3. The minimum absolute atomic E-state index is 0.00268. The Hall–Kier alpha value is -2.08. The smallest absolute Gasteiger partial charge is 0.328 e. The molecule has 1 aromatic carbocycles. The van der Waals surface area contributed by atoms with Crippen LogP contribution >= 0.6 is 11.6 Å². The van der Waals surface area contributed by atoms with Crippen LogP contribution in [-0.4, -0.2) is 22.1 Å². The lowest BCUT2D eigenvalue weighted by molar-refractivity contribution is 0.404. The van der Waals surface area contributed by atoms with Crippen LogP contribution in [0.3, 0.4) is 0 Å². The second-order valence-corrected chi connectivity index (χ2v) is 3.36. The average molecular weight is 253 g/mol. The molecular formula is C10H9ClN4O2. The molecule has 0 spiro atoms. The van der Waals surface area contributed by atoms with E-state index in [1.165, 1.54) is 0 Å². The molecule has 1 aromatic heterocycles. The van der Waals surface area contributed by atoms with Gasteiger partial charge in [0.05, 0.1) is 7.11 Å². The summed E-state index contributed by atoms with van der Waals surface area (Å²) in [5.41, 5.74) is 5.42. The molecule has 7 heteroatoms. The number of methoxy groups -OCH3 is 1. The molecular weight excluding hydrogens is 244 g/mol. The first-order valence-electron chi connectivity index (χ1n) is 4.66. The van der Waals surface area contributed by atoms with Crippen LogP contribution in [-0.2, 0) is 0 Å². The van der Waals surface area contributed by atoms with Crippen molar-refractivity contribution < 1.29 is 9.47 Å². The van der Waals surface area contributed by atoms with Gasteiger partial charge in [0.15, 0.2) is 0 Å². The van der Waals surface area contributed by atoms with Crippen LogP contribution in [0.2, 0.25) is 5.28 Å². The lowest BCUT2D eigenvalue weighted by Crippen LogP contribution is -2.00. The van der Waals surface area contributed by atoms with Crippen molar-refractivity contribution in [3.63, 3.8) is 0 Å². The Morgan fingerprint density at radius 2 is 1.94 bits per heavy atom. The second-order valence-electron chi connectivity index (χ2n) is 3.03. The van der Waals surface area contributed by atoms with Gasteiger partial charge in [0.1, 0.15) is 11.5 Å². The SMILES string of the molecule is COc1cccc(Oc2nc(N)nc(Cl)n2)c1. The number of hydrogen-bond donors (Lipinski definition) is 1. The molecule has 0 unspecified atom stereocenters. The molecule has 0 fully saturated rings. The molecule has 0 saturated heterocycles. The van der Waals surface area contributed by atoms with Gasteiger partial charge in [-0.25, -0.2) is 0 Å². The summed E-state index contributed by atoms with van der Waals surface area (Å²) in [6, 6.07) is 7.03. The third-order valence-electron chi connectivity index (χ3n) is 1.86. The molecule has 0 aliphatic rings. The summed E-state index contributed by atoms with van der Waals surface area (Å²) in [5, 5.41) is -0.0182. The molecule has 0 saturated carbocycles. The molecule has 2 aromatic rings. The van der Waals surface area contributed by atoms with Gasteiger partial charge in [-0.05, 0) is 23.7 Å². The second kappa shape index (κ2) is 4.84. The summed E-state index contributed by atoms with van der Waals surface area (Å²) in [6.45, 7) is 0. The van der Waals surface area contributed by atoms with Gasteiger partial charge in [-0.3, -0.25) is 0 Å². The van der Waals surface area contributed by atoms with Crippen molar-refractivity contribution in [1.29, 1.82) is 0 Å². The Morgan fingerprint density at radius 3 is 2.65 bits per heavy atom. The first kappa shape index (κ1) is 11.4. The minimum atomic E-state index is -0.0182. The zero-order chi connectivity index (χ0) is 12.3. The summed E-state index contributed by atoms with van der Waals surface area (Å²) in [5.74, 6) is 1.18. The van der Waals surface area contributed by atoms with E-state index in [2.05, 4.69) is 15.0 Å². The largest absolute Gasteiger partial charge is 0.497 e. The van der Waals surface area contributed by atoms with Crippen LogP contribution in [0.1, 0.15) is 0 Å². The standard InChI is InChI=1S/C10H9ClN4O2/c1-16-6-3-2-4-7(5-6)17-10-14-8(11)13-9(12)15-10/h2-5H,1H3,(H2,12,13,14,15). The molecule has 2 rings (SSSR count). The number of ether oxygens (including phenoxy) is 2. The Balaban J connectivity index is 2.24. The summed E-state index contributed by atoms with van der Waals surface area (Å²) in [7, 11) is 1.57. The van der Waals surface area contributed by atoms with Crippen molar-refractivity contribution in [2.24, 2.45) is 0 Å². The average Bonchev–Trinajstić information content (AvgIpc) is 2.28. The number of rotatable bonds is 3. The minimum Gasteiger partial charge on any atom is -0.497 e. The topological polar surface area (TPSA) is 83.2 Å². The maximum Gasteiger partial charge on any atom is 0.328 e. The number of halogens is 1. The van der Waals surface area contributed by atoms with Gasteiger partial charge in [-0.2, -0.15) is 15.0 Å². The third-order valence-corrected chi connectivity index (χ3v) is 2.02. The maximum absolute atomic E-state index is 5.63. The van der Waals surface area contributed by atoms with E-state index in [0.29, 0.717) is 11.5 Å². The number of nitrogens with zero attached hydrogens (tertiary/aromatic N) is 3. The summed E-state index contributed by atoms with van der Waals surface area (Å²) >= 11 is 5.63. The summed E-state index contributed by atoms with van der Waals surface area (Å²) < 4.78 is 10.4. The lowest BCUT2D eigenvalue weighted by atomic mass is 10.3. The van der Waals surface area contributed by atoms with Gasteiger partial charge < -0.3 is 15.2 Å². The monoisotopic (exact) mass is 252 g/mol. The number of hydrogen-bond acceptors (Lipinski definition) is 6. The molecule has 0 aliphatic carbocycles. The van der Waals surface area contributed by atoms with E-state index in [4.69, 9.17) is 26.8 Å². The summed E-state index contributed by atoms with van der Waals surface area (Å²) in [4.78, 5) is 11.2. The predicted octanol–water partition coefficient (Wildman–Crippen LogP) is 1.91. The zero-order valence-electron chi connectivity index (χ0n) is 8.92. The van der Waals surface area contributed by atoms with Crippen LogP contribution in [0.25, 0.3) is 0 Å². The quantitative estimate of drug-likeness (QED) is 0.898. The van der Waals surface area contributed by atoms with Crippen molar-refractivity contribution in [2.75, 3.05) is 12.8 Å². The fourth-order valence-electron chi connectivity index (χ4n) is 1.16. The molecule has 0 bridgehead atoms. The fraction of sp³-hybridized carbons (Fsp3) is 0.100. The van der Waals surface area contributed by atoms with Gasteiger partial charge in [-0.1, -0.05) is 6.07 Å². The van der Waals surface area contributed by atoms with Crippen molar-refractivity contribution in [3.05, 3.63) is 29.5 Å². The van der Waals surface area contributed by atoms with E-state index in [1.807, 2.05) is 0 Å². The van der Waals surface area contributed by atoms with E-state index in [-0.39, 0.29) is 17.2 Å². The molecule has 0 atom stereocenters. The normalized spacial score (nSPS) is 10.0. The molecule has 0 aliphatic heterocycles. The summed E-state index contributed by atoms with van der Waals surface area (Å²) in [6.07, 6.45) is 0. The van der Waals surface area contributed by atoms with Crippen molar-refractivity contribution >= 4 is 17.5 Å². The molecule has 0 radical (unpaired) electrons. The van der Waals surface area contributed by atoms with Crippen LogP contribution < -0.4 is 15.2 Å². The van der Waals surface area contributed by atoms with Crippen molar-refractivity contribution in [1.82, 2.24) is 15.0 Å². The van der Waals surface area contributed by atoms with Gasteiger partial charge in [0.2, 0.25) is 11.2 Å². The molecule has 2 N–H and O–H groups in total. The zero-order valence-corrected chi connectivity index (χ0v) is 9.68. The van der Waals surface area contributed by atoms with E-state index >= 15 is 0 Å². The van der Waals surface area contributed by atoms with E-state index in [0.717, 1.165) is 0 Å². The van der Waals surface area contributed by atoms with Crippen LogP contribution in [0.4, 0.5) is 5.95 Å². The van der Waals surface area contributed by atoms with Gasteiger partial charge in [-0.15, -0.1) is 0 Å². The van der Waals surface area contributed by atoms with Crippen molar-refractivity contribution in [2.45, 2.75) is 0 Å². The molecule has 88 valence electrons. The van der Waals surface area contributed by atoms with Crippen molar-refractivity contribution in [3.8, 4) is 17.5 Å². The molecule has 1 heterocycles. The van der Waals surface area contributed by atoms with Gasteiger partial charge >= 0.3 is 6.01 Å². The Morgan fingerprint density at radius 1 is 1.18 bits per heavy atom. The fourth-order valence-corrected chi connectivity index (χ4v) is 1.32. The highest BCUT2D eigenvalue weighted by Crippen LogP contribution is 2.23. The van der Waals surface area contributed by atoms with Gasteiger partial charge in [0.25, 0.3) is 0 Å². The van der Waals surface area contributed by atoms with Gasteiger partial charge in [0, 0.05) is 6.07 Å². The molecule has 6 nitrogen and oxygen atoms in total. The highest BCUT2D eigenvalue weighted by molar-refractivity contribution is 6.28.